The third-order valence-corrected chi connectivity index (χ3v) is 1.39. The van der Waals surface area contributed by atoms with E-state index in [-0.39, 0.29) is 0 Å². The van der Waals surface area contributed by atoms with Gasteiger partial charge in [0.1, 0.15) is 0 Å². The lowest BCUT2D eigenvalue weighted by molar-refractivity contribution is -0.0706. The lowest BCUT2D eigenvalue weighted by Gasteiger charge is -2.31. The molecule has 7 nitrogen and oxygen atoms in total. The second kappa shape index (κ2) is 5.38. The Labute approximate surface area is 72.3 Å². The van der Waals surface area contributed by atoms with Gasteiger partial charge < -0.3 is 4.74 Å². The standard InChI is InChI=1S/C5H18N6O/c1-8-9-5(6,12-3)4-11(2)10-7/h8-10H,4,6-7H2,1-3H3. The number of hydrazine groups is 3. The normalized spacial score (nSPS) is 16.5. The molecule has 0 aromatic carbocycles. The molecular formula is C5H18N6O. The summed E-state index contributed by atoms with van der Waals surface area (Å²) in [6, 6.07) is 0. The van der Waals surface area contributed by atoms with E-state index >= 15 is 0 Å². The molecule has 0 spiro atoms. The Bertz CT molecular complexity index is 123. The Morgan fingerprint density at radius 2 is 2.17 bits per heavy atom. The average molecular weight is 178 g/mol. The Balaban J connectivity index is 3.94. The van der Waals surface area contributed by atoms with E-state index in [2.05, 4.69) is 16.4 Å². The molecule has 0 aliphatic rings. The monoisotopic (exact) mass is 178 g/mol. The van der Waals surface area contributed by atoms with E-state index in [0.717, 1.165) is 0 Å². The van der Waals surface area contributed by atoms with Crippen LogP contribution in [0.25, 0.3) is 0 Å². The summed E-state index contributed by atoms with van der Waals surface area (Å²) >= 11 is 0. The quantitative estimate of drug-likeness (QED) is 0.171. The number of rotatable bonds is 6. The Hall–Kier alpha value is -0.280. The highest BCUT2D eigenvalue weighted by molar-refractivity contribution is 4.69. The first kappa shape index (κ1) is 11.7. The zero-order valence-electron chi connectivity index (χ0n) is 7.72. The van der Waals surface area contributed by atoms with Crippen molar-refractivity contribution in [1.29, 1.82) is 0 Å². The van der Waals surface area contributed by atoms with E-state index in [1.807, 2.05) is 0 Å². The van der Waals surface area contributed by atoms with Crippen LogP contribution in [0.3, 0.4) is 0 Å². The number of nitrogens with two attached hydrogens (primary N) is 2. The van der Waals surface area contributed by atoms with Crippen LogP contribution in [0.5, 0.6) is 0 Å². The third-order valence-electron chi connectivity index (χ3n) is 1.39. The molecule has 12 heavy (non-hydrogen) atoms. The molecular weight excluding hydrogens is 160 g/mol. The van der Waals surface area contributed by atoms with Gasteiger partial charge >= 0.3 is 0 Å². The fourth-order valence-electron chi connectivity index (χ4n) is 0.765. The number of hydrogen-bond donors (Lipinski definition) is 5. The summed E-state index contributed by atoms with van der Waals surface area (Å²) in [5.41, 5.74) is 13.6. The summed E-state index contributed by atoms with van der Waals surface area (Å²) in [6.07, 6.45) is 0. The lowest BCUT2D eigenvalue weighted by atomic mass is 10.4. The van der Waals surface area contributed by atoms with Crippen LogP contribution in [-0.2, 0) is 4.74 Å². The van der Waals surface area contributed by atoms with Gasteiger partial charge in [0.25, 0.3) is 0 Å². The first-order chi connectivity index (χ1) is 5.58. The van der Waals surface area contributed by atoms with Crippen molar-refractivity contribution >= 4 is 0 Å². The SMILES string of the molecule is CNNC(N)(CN(C)NN)OC. The zero-order valence-corrected chi connectivity index (χ0v) is 7.72. The molecule has 0 aliphatic carbocycles. The fraction of sp³-hybridized carbons (Fsp3) is 1.00. The molecule has 1 unspecified atom stereocenters. The highest BCUT2D eigenvalue weighted by Gasteiger charge is 2.24. The van der Waals surface area contributed by atoms with E-state index < -0.39 is 5.85 Å². The molecule has 0 heterocycles. The molecule has 0 saturated heterocycles. The van der Waals surface area contributed by atoms with Gasteiger partial charge in [0.2, 0.25) is 0 Å². The first-order valence-electron chi connectivity index (χ1n) is 3.53. The minimum atomic E-state index is -0.962. The van der Waals surface area contributed by atoms with Crippen LogP contribution in [0, 0.1) is 0 Å². The summed E-state index contributed by atoms with van der Waals surface area (Å²) in [4.78, 5) is 0. The molecule has 1 atom stereocenters. The zero-order chi connectivity index (χ0) is 9.61. The summed E-state index contributed by atoms with van der Waals surface area (Å²) in [7, 11) is 4.96. The van der Waals surface area contributed by atoms with Crippen LogP contribution >= 0.6 is 0 Å². The van der Waals surface area contributed by atoms with Gasteiger partial charge in [-0.25, -0.2) is 10.4 Å². The molecule has 0 amide bonds. The maximum absolute atomic E-state index is 5.75. The van der Waals surface area contributed by atoms with Gasteiger partial charge in [-0.1, -0.05) is 0 Å². The highest BCUT2D eigenvalue weighted by Crippen LogP contribution is 1.95. The topological polar surface area (TPSA) is 101 Å². The van der Waals surface area contributed by atoms with Crippen molar-refractivity contribution in [2.24, 2.45) is 11.6 Å². The van der Waals surface area contributed by atoms with Gasteiger partial charge in [0, 0.05) is 14.2 Å². The number of ether oxygens (including phenoxy) is 1. The van der Waals surface area contributed by atoms with Crippen LogP contribution in [0.2, 0.25) is 0 Å². The molecule has 0 aromatic rings. The van der Waals surface area contributed by atoms with Crippen molar-refractivity contribution < 1.29 is 4.74 Å². The van der Waals surface area contributed by atoms with E-state index in [1.54, 1.807) is 19.1 Å². The highest BCUT2D eigenvalue weighted by atomic mass is 16.5. The molecule has 0 rings (SSSR count). The number of nitrogens with zero attached hydrogens (tertiary/aromatic N) is 1. The molecule has 0 aliphatic heterocycles. The van der Waals surface area contributed by atoms with E-state index in [0.29, 0.717) is 6.54 Å². The van der Waals surface area contributed by atoms with Gasteiger partial charge in [-0.15, -0.1) is 0 Å². The Morgan fingerprint density at radius 3 is 2.50 bits per heavy atom. The lowest BCUT2D eigenvalue weighted by Crippen LogP contribution is -2.66. The minimum absolute atomic E-state index is 0.390. The van der Waals surface area contributed by atoms with Crippen molar-refractivity contribution in [3.63, 3.8) is 0 Å². The fourth-order valence-corrected chi connectivity index (χ4v) is 0.765. The molecule has 0 radical (unpaired) electrons. The van der Waals surface area contributed by atoms with E-state index in [9.17, 15) is 0 Å². The van der Waals surface area contributed by atoms with Crippen molar-refractivity contribution in [2.75, 3.05) is 27.7 Å². The van der Waals surface area contributed by atoms with Crippen molar-refractivity contribution in [3.8, 4) is 0 Å². The molecule has 0 aromatic heterocycles. The van der Waals surface area contributed by atoms with E-state index in [4.69, 9.17) is 16.3 Å². The minimum Gasteiger partial charge on any atom is -0.349 e. The van der Waals surface area contributed by atoms with Gasteiger partial charge in [0.05, 0.1) is 6.54 Å². The largest absolute Gasteiger partial charge is 0.349 e. The Morgan fingerprint density at radius 1 is 1.58 bits per heavy atom. The second-order valence-electron chi connectivity index (χ2n) is 2.45. The molecule has 0 saturated carbocycles. The van der Waals surface area contributed by atoms with Crippen molar-refractivity contribution in [1.82, 2.24) is 21.4 Å². The smallest absolute Gasteiger partial charge is 0.198 e. The van der Waals surface area contributed by atoms with Gasteiger partial charge in [0.15, 0.2) is 5.85 Å². The summed E-state index contributed by atoms with van der Waals surface area (Å²) in [5, 5.41) is 1.59. The maximum Gasteiger partial charge on any atom is 0.198 e. The summed E-state index contributed by atoms with van der Waals surface area (Å²) < 4.78 is 5.02. The van der Waals surface area contributed by atoms with Gasteiger partial charge in [-0.2, -0.15) is 5.53 Å². The summed E-state index contributed by atoms with van der Waals surface area (Å²) in [6.45, 7) is 0.390. The predicted molar refractivity (Wildman–Crippen MR) is 46.1 cm³/mol. The number of hydrogen-bond acceptors (Lipinski definition) is 7. The van der Waals surface area contributed by atoms with Crippen LogP contribution < -0.4 is 28.0 Å². The third kappa shape index (κ3) is 3.93. The number of nitrogens with one attached hydrogen (secondary N) is 3. The molecule has 74 valence electrons. The van der Waals surface area contributed by atoms with Crippen LogP contribution in [-0.4, -0.2) is 38.6 Å². The van der Waals surface area contributed by atoms with Crippen molar-refractivity contribution in [3.05, 3.63) is 0 Å². The Kier molecular flexibility index (Phi) is 5.25. The molecule has 0 bridgehead atoms. The first-order valence-corrected chi connectivity index (χ1v) is 3.53. The van der Waals surface area contributed by atoms with Crippen LogP contribution in [0.15, 0.2) is 0 Å². The number of likely N-dealkylation sites (N-methyl/N-ethyl adjacent to an activating group) is 1. The van der Waals surface area contributed by atoms with Crippen molar-refractivity contribution in [2.45, 2.75) is 5.85 Å². The average Bonchev–Trinajstić information content (AvgIpc) is 2.05. The summed E-state index contributed by atoms with van der Waals surface area (Å²) in [5.74, 6) is 4.18. The van der Waals surface area contributed by atoms with Crippen LogP contribution in [0.4, 0.5) is 0 Å². The van der Waals surface area contributed by atoms with E-state index in [1.165, 1.54) is 7.11 Å². The molecule has 7 heteroatoms. The maximum atomic E-state index is 5.75. The van der Waals surface area contributed by atoms with Gasteiger partial charge in [-0.3, -0.25) is 17.0 Å². The van der Waals surface area contributed by atoms with Crippen LogP contribution in [0.1, 0.15) is 0 Å². The molecule has 7 N–H and O–H groups in total. The number of methoxy groups -OCH3 is 1. The predicted octanol–water partition coefficient (Wildman–Crippen LogP) is -2.72. The van der Waals surface area contributed by atoms with Gasteiger partial charge in [-0.05, 0) is 7.05 Å². The molecule has 0 fully saturated rings. The second-order valence-corrected chi connectivity index (χ2v) is 2.45.